The van der Waals surface area contributed by atoms with E-state index in [2.05, 4.69) is 10.3 Å². The molecule has 2 heterocycles. The summed E-state index contributed by atoms with van der Waals surface area (Å²) < 4.78 is 0. The summed E-state index contributed by atoms with van der Waals surface area (Å²) >= 11 is 6.28. The molecule has 0 aliphatic carbocycles. The van der Waals surface area contributed by atoms with Crippen LogP contribution >= 0.6 is 11.6 Å². The number of aryl methyl sites for hydroxylation is 2. The number of nitrogens with zero attached hydrogens (tertiary/aromatic N) is 2. The molecule has 0 atom stereocenters. The van der Waals surface area contributed by atoms with Crippen LogP contribution in [0.5, 0.6) is 0 Å². The van der Waals surface area contributed by atoms with Crippen LogP contribution in [0.15, 0.2) is 30.5 Å². The number of benzene rings is 1. The molecule has 6 heteroatoms. The van der Waals surface area contributed by atoms with E-state index in [4.69, 9.17) is 11.6 Å². The lowest BCUT2D eigenvalue weighted by molar-refractivity contribution is 0.0755. The highest BCUT2D eigenvalue weighted by atomic mass is 35.5. The fourth-order valence-corrected chi connectivity index (χ4v) is 3.75. The Bertz CT molecular complexity index is 835. The van der Waals surface area contributed by atoms with Gasteiger partial charge in [-0.3, -0.25) is 14.6 Å². The molecule has 1 fully saturated rings. The first-order valence-corrected chi connectivity index (χ1v) is 9.67. The highest BCUT2D eigenvalue weighted by molar-refractivity contribution is 6.34. The Morgan fingerprint density at radius 2 is 1.78 bits per heavy atom. The predicted molar refractivity (Wildman–Crippen MR) is 107 cm³/mol. The minimum atomic E-state index is -0.309. The van der Waals surface area contributed by atoms with Gasteiger partial charge in [0.2, 0.25) is 0 Å². The zero-order chi connectivity index (χ0) is 19.4. The monoisotopic (exact) mass is 385 g/mol. The van der Waals surface area contributed by atoms with E-state index < -0.39 is 0 Å². The van der Waals surface area contributed by atoms with Crippen LogP contribution in [0.1, 0.15) is 57.7 Å². The highest BCUT2D eigenvalue weighted by Crippen LogP contribution is 2.27. The summed E-state index contributed by atoms with van der Waals surface area (Å²) in [7, 11) is 0. The molecule has 1 N–H and O–H groups in total. The van der Waals surface area contributed by atoms with E-state index in [1.165, 1.54) is 6.20 Å². The van der Waals surface area contributed by atoms with Gasteiger partial charge in [0.05, 0.1) is 10.7 Å². The molecule has 1 saturated heterocycles. The van der Waals surface area contributed by atoms with Crippen molar-refractivity contribution < 1.29 is 9.59 Å². The van der Waals surface area contributed by atoms with Crippen molar-refractivity contribution in [1.82, 2.24) is 9.88 Å². The van der Waals surface area contributed by atoms with Crippen LogP contribution < -0.4 is 5.32 Å². The number of likely N-dealkylation sites (tertiary alicyclic amines) is 1. The van der Waals surface area contributed by atoms with Crippen LogP contribution in [0, 0.1) is 13.8 Å². The molecule has 0 spiro atoms. The molecule has 3 rings (SSSR count). The van der Waals surface area contributed by atoms with Gasteiger partial charge in [0.15, 0.2) is 0 Å². The number of amides is 2. The second-order valence-corrected chi connectivity index (χ2v) is 7.44. The Labute approximate surface area is 164 Å². The smallest absolute Gasteiger partial charge is 0.272 e. The van der Waals surface area contributed by atoms with Crippen molar-refractivity contribution in [1.29, 1.82) is 0 Å². The second kappa shape index (κ2) is 8.53. The molecule has 1 aromatic heterocycles. The molecule has 1 aliphatic rings. The Kier molecular flexibility index (Phi) is 6.11. The Balaban J connectivity index is 1.79. The van der Waals surface area contributed by atoms with Gasteiger partial charge in [-0.2, -0.15) is 0 Å². The SMILES string of the molecule is Cc1cc(C)c(NC(=O)c2ccnc(C(=O)N3CCCCCC3)c2)c(Cl)c1. The van der Waals surface area contributed by atoms with Crippen LogP contribution in [0.3, 0.4) is 0 Å². The molecule has 0 radical (unpaired) electrons. The molecule has 1 aliphatic heterocycles. The van der Waals surface area contributed by atoms with Gasteiger partial charge in [-0.15, -0.1) is 0 Å². The predicted octanol–water partition coefficient (Wildman–Crippen LogP) is 4.62. The first-order chi connectivity index (χ1) is 13.0. The third kappa shape index (κ3) is 4.66. The number of carbonyl (C=O) groups excluding carboxylic acids is 2. The summed E-state index contributed by atoms with van der Waals surface area (Å²) in [4.78, 5) is 31.4. The van der Waals surface area contributed by atoms with Crippen LogP contribution in [-0.2, 0) is 0 Å². The normalized spacial score (nSPS) is 14.6. The van der Waals surface area contributed by atoms with Gasteiger partial charge in [-0.25, -0.2) is 0 Å². The van der Waals surface area contributed by atoms with Crippen LogP contribution in [0.25, 0.3) is 0 Å². The molecule has 5 nitrogen and oxygen atoms in total. The molecular formula is C21H24ClN3O2. The standard InChI is InChI=1S/C21H24ClN3O2/c1-14-11-15(2)19(17(22)12-14)24-20(26)16-7-8-23-18(13-16)21(27)25-9-5-3-4-6-10-25/h7-8,11-13H,3-6,9-10H2,1-2H3,(H,24,26). The highest BCUT2D eigenvalue weighted by Gasteiger charge is 2.20. The average Bonchev–Trinajstić information content (AvgIpc) is 2.93. The van der Waals surface area contributed by atoms with Gasteiger partial charge in [0.1, 0.15) is 5.69 Å². The largest absolute Gasteiger partial charge is 0.337 e. The zero-order valence-electron chi connectivity index (χ0n) is 15.7. The van der Waals surface area contributed by atoms with Gasteiger partial charge < -0.3 is 10.2 Å². The Hall–Kier alpha value is -2.40. The Morgan fingerprint density at radius 3 is 2.44 bits per heavy atom. The third-order valence-electron chi connectivity index (χ3n) is 4.80. The number of rotatable bonds is 3. The maximum atomic E-state index is 12.7. The van der Waals surface area contributed by atoms with E-state index in [0.29, 0.717) is 22.0 Å². The van der Waals surface area contributed by atoms with E-state index in [9.17, 15) is 9.59 Å². The van der Waals surface area contributed by atoms with Crippen LogP contribution in [0.2, 0.25) is 5.02 Å². The molecule has 2 aromatic rings. The second-order valence-electron chi connectivity index (χ2n) is 7.03. The number of aromatic nitrogens is 1. The van der Waals surface area contributed by atoms with Crippen molar-refractivity contribution >= 4 is 29.1 Å². The summed E-state index contributed by atoms with van der Waals surface area (Å²) in [6.07, 6.45) is 5.82. The molecule has 0 unspecified atom stereocenters. The summed E-state index contributed by atoms with van der Waals surface area (Å²) in [5.74, 6) is -0.424. The van der Waals surface area contributed by atoms with Crippen LogP contribution in [0.4, 0.5) is 5.69 Å². The zero-order valence-corrected chi connectivity index (χ0v) is 16.5. The van der Waals surface area contributed by atoms with Gasteiger partial charge >= 0.3 is 0 Å². The van der Waals surface area contributed by atoms with E-state index in [-0.39, 0.29) is 11.8 Å². The minimum Gasteiger partial charge on any atom is -0.337 e. The average molecular weight is 386 g/mol. The van der Waals surface area contributed by atoms with Crippen LogP contribution in [-0.4, -0.2) is 34.8 Å². The summed E-state index contributed by atoms with van der Waals surface area (Å²) in [6, 6.07) is 6.93. The summed E-state index contributed by atoms with van der Waals surface area (Å²) in [6.45, 7) is 5.34. The number of pyridine rings is 1. The fourth-order valence-electron chi connectivity index (χ4n) is 3.38. The maximum absolute atomic E-state index is 12.7. The molecular weight excluding hydrogens is 362 g/mol. The number of hydrogen-bond acceptors (Lipinski definition) is 3. The lowest BCUT2D eigenvalue weighted by Gasteiger charge is -2.20. The van der Waals surface area contributed by atoms with E-state index in [1.807, 2.05) is 30.9 Å². The molecule has 2 amide bonds. The number of nitrogens with one attached hydrogen (secondary N) is 1. The van der Waals surface area contributed by atoms with Gasteiger partial charge in [0, 0.05) is 24.8 Å². The fraction of sp³-hybridized carbons (Fsp3) is 0.381. The third-order valence-corrected chi connectivity index (χ3v) is 5.10. The number of anilines is 1. The molecule has 1 aromatic carbocycles. The van der Waals surface area contributed by atoms with Gasteiger partial charge in [-0.05, 0) is 56.0 Å². The van der Waals surface area contributed by atoms with E-state index >= 15 is 0 Å². The minimum absolute atomic E-state index is 0.115. The maximum Gasteiger partial charge on any atom is 0.272 e. The van der Waals surface area contributed by atoms with E-state index in [1.54, 1.807) is 12.1 Å². The number of hydrogen-bond donors (Lipinski definition) is 1. The molecule has 142 valence electrons. The molecule has 0 bridgehead atoms. The first-order valence-electron chi connectivity index (χ1n) is 9.29. The van der Waals surface area contributed by atoms with Gasteiger partial charge in [-0.1, -0.05) is 30.5 Å². The number of halogens is 1. The van der Waals surface area contributed by atoms with E-state index in [0.717, 1.165) is 49.9 Å². The Morgan fingerprint density at radius 1 is 1.07 bits per heavy atom. The first kappa shape index (κ1) is 19.4. The van der Waals surface area contributed by atoms with Crippen molar-refractivity contribution in [2.75, 3.05) is 18.4 Å². The van der Waals surface area contributed by atoms with Gasteiger partial charge in [0.25, 0.3) is 11.8 Å². The summed E-state index contributed by atoms with van der Waals surface area (Å²) in [5, 5.41) is 3.35. The van der Waals surface area contributed by atoms with Crippen molar-refractivity contribution in [3.8, 4) is 0 Å². The van der Waals surface area contributed by atoms with Crippen molar-refractivity contribution in [2.45, 2.75) is 39.5 Å². The topological polar surface area (TPSA) is 62.3 Å². The summed E-state index contributed by atoms with van der Waals surface area (Å²) in [5.41, 5.74) is 3.20. The lowest BCUT2D eigenvalue weighted by Crippen LogP contribution is -2.32. The van der Waals surface area contributed by atoms with Crippen molar-refractivity contribution in [3.63, 3.8) is 0 Å². The van der Waals surface area contributed by atoms with Crippen molar-refractivity contribution in [3.05, 3.63) is 57.9 Å². The van der Waals surface area contributed by atoms with Crippen molar-refractivity contribution in [2.24, 2.45) is 0 Å². The quantitative estimate of drug-likeness (QED) is 0.838. The molecule has 0 saturated carbocycles. The molecule has 27 heavy (non-hydrogen) atoms. The number of carbonyl (C=O) groups is 2. The lowest BCUT2D eigenvalue weighted by atomic mass is 10.1.